The van der Waals surface area contributed by atoms with Gasteiger partial charge in [-0.25, -0.2) is 0 Å². The number of amides is 1. The van der Waals surface area contributed by atoms with Crippen LogP contribution in [0, 0.1) is 13.8 Å². The lowest BCUT2D eigenvalue weighted by atomic mass is 10.1. The average molecular weight is 259 g/mol. The zero-order chi connectivity index (χ0) is 13.8. The van der Waals surface area contributed by atoms with Crippen LogP contribution in [0.25, 0.3) is 0 Å². The minimum atomic E-state index is -0.359. The molecule has 2 rings (SSSR count). The standard InChI is InChI=1S/C12H13N5O2/c1-7-3-5-9(6-4-7)11(19)15-17-12-13-10(18)8(2)14-16-12/h3-6H,1-2H3,(H,15,19)(H2,13,16,17,18). The molecular formula is C12H13N5O2. The van der Waals surface area contributed by atoms with Crippen molar-refractivity contribution in [3.8, 4) is 0 Å². The molecule has 0 unspecified atom stereocenters. The lowest BCUT2D eigenvalue weighted by Gasteiger charge is -2.07. The van der Waals surface area contributed by atoms with Gasteiger partial charge in [0.2, 0.25) is 5.95 Å². The minimum absolute atomic E-state index is 0.0797. The fraction of sp³-hybridized carbons (Fsp3) is 0.167. The van der Waals surface area contributed by atoms with Gasteiger partial charge in [0.1, 0.15) is 5.69 Å². The summed E-state index contributed by atoms with van der Waals surface area (Å²) < 4.78 is 0. The highest BCUT2D eigenvalue weighted by Crippen LogP contribution is 2.02. The van der Waals surface area contributed by atoms with Gasteiger partial charge in [0, 0.05) is 5.56 Å². The summed E-state index contributed by atoms with van der Waals surface area (Å²) in [7, 11) is 0. The summed E-state index contributed by atoms with van der Waals surface area (Å²) in [4.78, 5) is 25.5. The Kier molecular flexibility index (Phi) is 3.56. The van der Waals surface area contributed by atoms with E-state index >= 15 is 0 Å². The van der Waals surface area contributed by atoms with E-state index in [2.05, 4.69) is 26.0 Å². The second-order valence-electron chi connectivity index (χ2n) is 4.03. The van der Waals surface area contributed by atoms with Crippen LogP contribution in [-0.4, -0.2) is 21.1 Å². The number of carbonyl (C=O) groups excluding carboxylic acids is 1. The van der Waals surface area contributed by atoms with E-state index in [1.165, 1.54) is 0 Å². The number of H-pyrrole nitrogens is 1. The first-order valence-corrected chi connectivity index (χ1v) is 5.63. The zero-order valence-electron chi connectivity index (χ0n) is 10.5. The second kappa shape index (κ2) is 5.30. The Bertz CT molecular complexity index is 648. The number of aromatic amines is 1. The largest absolute Gasteiger partial charge is 0.288 e. The quantitative estimate of drug-likeness (QED) is 0.698. The summed E-state index contributed by atoms with van der Waals surface area (Å²) in [5.41, 5.74) is 6.39. The molecule has 0 fully saturated rings. The summed E-state index contributed by atoms with van der Waals surface area (Å²) in [6.07, 6.45) is 0. The van der Waals surface area contributed by atoms with E-state index in [4.69, 9.17) is 0 Å². The van der Waals surface area contributed by atoms with Gasteiger partial charge in [0.15, 0.2) is 0 Å². The normalized spacial score (nSPS) is 10.0. The maximum absolute atomic E-state index is 11.8. The fourth-order valence-electron chi connectivity index (χ4n) is 1.34. The van der Waals surface area contributed by atoms with Gasteiger partial charge < -0.3 is 0 Å². The lowest BCUT2D eigenvalue weighted by Crippen LogP contribution is -2.31. The van der Waals surface area contributed by atoms with E-state index in [-0.39, 0.29) is 23.1 Å². The summed E-state index contributed by atoms with van der Waals surface area (Å²) in [5.74, 6) is -0.251. The Morgan fingerprint density at radius 1 is 1.16 bits per heavy atom. The van der Waals surface area contributed by atoms with Crippen LogP contribution >= 0.6 is 0 Å². The van der Waals surface area contributed by atoms with Crippen molar-refractivity contribution >= 4 is 11.9 Å². The van der Waals surface area contributed by atoms with Crippen molar-refractivity contribution in [2.24, 2.45) is 0 Å². The lowest BCUT2D eigenvalue weighted by molar-refractivity contribution is 0.0962. The Labute approximate surface area is 109 Å². The number of hydrazine groups is 1. The molecule has 19 heavy (non-hydrogen) atoms. The molecule has 0 spiro atoms. The predicted molar refractivity (Wildman–Crippen MR) is 69.7 cm³/mol. The molecule has 0 aliphatic heterocycles. The highest BCUT2D eigenvalue weighted by molar-refractivity contribution is 5.94. The summed E-state index contributed by atoms with van der Waals surface area (Å²) in [6, 6.07) is 7.08. The third-order valence-electron chi connectivity index (χ3n) is 2.47. The molecule has 3 N–H and O–H groups in total. The van der Waals surface area contributed by atoms with E-state index < -0.39 is 0 Å². The van der Waals surface area contributed by atoms with Crippen molar-refractivity contribution in [3.05, 3.63) is 51.4 Å². The highest BCUT2D eigenvalue weighted by Gasteiger charge is 2.05. The SMILES string of the molecule is Cc1ccc(C(=O)NNc2nnc(C)c(=O)[nH]2)cc1. The van der Waals surface area contributed by atoms with Crippen LogP contribution in [-0.2, 0) is 0 Å². The number of anilines is 1. The van der Waals surface area contributed by atoms with Gasteiger partial charge in [-0.3, -0.25) is 25.4 Å². The van der Waals surface area contributed by atoms with Crippen LogP contribution in [0.15, 0.2) is 29.1 Å². The van der Waals surface area contributed by atoms with Gasteiger partial charge in [-0.05, 0) is 26.0 Å². The molecule has 1 aromatic carbocycles. The van der Waals surface area contributed by atoms with E-state index in [9.17, 15) is 9.59 Å². The average Bonchev–Trinajstić information content (AvgIpc) is 2.40. The Hall–Kier alpha value is -2.70. The van der Waals surface area contributed by atoms with Gasteiger partial charge >= 0.3 is 0 Å². The van der Waals surface area contributed by atoms with Gasteiger partial charge in [-0.2, -0.15) is 0 Å². The van der Waals surface area contributed by atoms with Gasteiger partial charge in [0.25, 0.3) is 11.5 Å². The third kappa shape index (κ3) is 3.15. The number of benzene rings is 1. The molecule has 1 heterocycles. The van der Waals surface area contributed by atoms with Gasteiger partial charge in [-0.15, -0.1) is 10.2 Å². The number of aryl methyl sites for hydroxylation is 2. The fourth-order valence-corrected chi connectivity index (χ4v) is 1.34. The van der Waals surface area contributed by atoms with Crippen LogP contribution in [0.4, 0.5) is 5.95 Å². The van der Waals surface area contributed by atoms with Gasteiger partial charge in [-0.1, -0.05) is 17.7 Å². The molecule has 7 heteroatoms. The molecule has 2 aromatic rings. The molecule has 7 nitrogen and oxygen atoms in total. The number of aromatic nitrogens is 3. The molecule has 0 saturated heterocycles. The van der Waals surface area contributed by atoms with Crippen molar-refractivity contribution < 1.29 is 4.79 Å². The summed E-state index contributed by atoms with van der Waals surface area (Å²) in [6.45, 7) is 3.48. The van der Waals surface area contributed by atoms with E-state index in [1.807, 2.05) is 19.1 Å². The highest BCUT2D eigenvalue weighted by atomic mass is 16.2. The molecule has 0 aliphatic carbocycles. The smallest absolute Gasteiger partial charge is 0.274 e. The number of nitrogens with one attached hydrogen (secondary N) is 3. The maximum Gasteiger partial charge on any atom is 0.274 e. The monoisotopic (exact) mass is 259 g/mol. The molecule has 98 valence electrons. The van der Waals surface area contributed by atoms with Crippen LogP contribution < -0.4 is 16.4 Å². The van der Waals surface area contributed by atoms with E-state index in [0.29, 0.717) is 5.56 Å². The van der Waals surface area contributed by atoms with Crippen molar-refractivity contribution in [2.75, 3.05) is 5.43 Å². The number of nitrogens with zero attached hydrogens (tertiary/aromatic N) is 2. The molecule has 1 amide bonds. The third-order valence-corrected chi connectivity index (χ3v) is 2.47. The first-order valence-electron chi connectivity index (χ1n) is 5.63. The number of hydrogen-bond donors (Lipinski definition) is 3. The van der Waals surface area contributed by atoms with Crippen molar-refractivity contribution in [3.63, 3.8) is 0 Å². The number of carbonyl (C=O) groups is 1. The van der Waals surface area contributed by atoms with Crippen LogP contribution in [0.1, 0.15) is 21.6 Å². The topological polar surface area (TPSA) is 99.8 Å². The molecular weight excluding hydrogens is 246 g/mol. The van der Waals surface area contributed by atoms with Crippen LogP contribution in [0.3, 0.4) is 0 Å². The molecule has 0 atom stereocenters. The second-order valence-corrected chi connectivity index (χ2v) is 4.03. The van der Waals surface area contributed by atoms with Crippen molar-refractivity contribution in [1.29, 1.82) is 0 Å². The molecule has 0 aliphatic rings. The molecule has 0 bridgehead atoms. The van der Waals surface area contributed by atoms with Crippen LogP contribution in [0.5, 0.6) is 0 Å². The Morgan fingerprint density at radius 2 is 1.84 bits per heavy atom. The molecule has 1 aromatic heterocycles. The minimum Gasteiger partial charge on any atom is -0.288 e. The number of rotatable bonds is 3. The first-order chi connectivity index (χ1) is 9.06. The zero-order valence-corrected chi connectivity index (χ0v) is 10.5. The Balaban J connectivity index is 2.02. The predicted octanol–water partition coefficient (Wildman–Crippen LogP) is 0.539. The summed E-state index contributed by atoms with van der Waals surface area (Å²) in [5, 5.41) is 7.32. The van der Waals surface area contributed by atoms with E-state index in [1.54, 1.807) is 19.1 Å². The van der Waals surface area contributed by atoms with Crippen molar-refractivity contribution in [2.45, 2.75) is 13.8 Å². The van der Waals surface area contributed by atoms with E-state index in [0.717, 1.165) is 5.56 Å². The van der Waals surface area contributed by atoms with Crippen molar-refractivity contribution in [1.82, 2.24) is 20.6 Å². The van der Waals surface area contributed by atoms with Crippen LogP contribution in [0.2, 0.25) is 0 Å². The number of hydrogen-bond acceptors (Lipinski definition) is 5. The summed E-state index contributed by atoms with van der Waals surface area (Å²) >= 11 is 0. The first kappa shape index (κ1) is 12.7. The van der Waals surface area contributed by atoms with Gasteiger partial charge in [0.05, 0.1) is 0 Å². The molecule has 0 radical (unpaired) electrons. The molecule has 0 saturated carbocycles. The Morgan fingerprint density at radius 3 is 2.47 bits per heavy atom. The maximum atomic E-state index is 11.8.